The molecule has 50 heavy (non-hydrogen) atoms. The zero-order chi connectivity index (χ0) is 36.8. The topological polar surface area (TPSA) is 86.8 Å². The van der Waals surface area contributed by atoms with Gasteiger partial charge in [-0.2, -0.15) is 13.2 Å². The summed E-state index contributed by atoms with van der Waals surface area (Å²) in [4.78, 5) is 29.5. The summed E-state index contributed by atoms with van der Waals surface area (Å²) in [5, 5.41) is 2.63. The average molecular weight is 769 g/mol. The number of nitrogens with zero attached hydrogens (tertiary/aromatic N) is 2. The molecule has 0 saturated carbocycles. The second-order valence-electron chi connectivity index (χ2n) is 11.7. The van der Waals surface area contributed by atoms with Gasteiger partial charge in [0, 0.05) is 34.6 Å². The Bertz CT molecular complexity index is 1910. The van der Waals surface area contributed by atoms with E-state index in [4.69, 9.17) is 34.8 Å². The number of halogens is 6. The average Bonchev–Trinajstić information content (AvgIpc) is 3.06. The normalized spacial score (nSPS) is 13.0. The van der Waals surface area contributed by atoms with Crippen molar-refractivity contribution in [2.24, 2.45) is 0 Å². The monoisotopic (exact) mass is 767 g/mol. The molecule has 1 N–H and O–H groups in total. The molecule has 0 heterocycles. The van der Waals surface area contributed by atoms with Gasteiger partial charge in [0.15, 0.2) is 0 Å². The highest BCUT2D eigenvalue weighted by Gasteiger charge is 2.38. The van der Waals surface area contributed by atoms with E-state index in [1.165, 1.54) is 24.3 Å². The molecule has 0 spiro atoms. The maximum absolute atomic E-state index is 14.6. The zero-order valence-corrected chi connectivity index (χ0v) is 30.4. The first-order valence-corrected chi connectivity index (χ1v) is 18.1. The number of nitrogens with one attached hydrogen (secondary N) is 1. The first-order chi connectivity index (χ1) is 23.5. The Labute approximate surface area is 305 Å². The van der Waals surface area contributed by atoms with E-state index in [0.29, 0.717) is 22.4 Å². The molecule has 0 unspecified atom stereocenters. The number of alkyl halides is 3. The molecular formula is C36H35Cl3F3N3O4S. The van der Waals surface area contributed by atoms with Crippen molar-refractivity contribution in [2.45, 2.75) is 63.3 Å². The Morgan fingerprint density at radius 1 is 0.860 bits per heavy atom. The number of rotatable bonds is 13. The van der Waals surface area contributed by atoms with Gasteiger partial charge in [-0.3, -0.25) is 13.9 Å². The standard InChI is InChI=1S/C36H35Cl3F3N3O4S/c1-4-24(3)43-35(47)33(19-25-9-6-5-7-10-25)44(21-28-30(37)11-8-12-31(28)38)34(46)22-45(50(48,49)27-16-13-23(2)14-17-27)26-15-18-32(39)29(20-26)36(40,41)42/h5-18,20,24,33H,4,19,21-22H2,1-3H3,(H,43,47)/t24-,33+/m0/s1. The fourth-order valence-corrected chi connectivity index (χ4v) is 7.25. The van der Waals surface area contributed by atoms with E-state index in [2.05, 4.69) is 5.32 Å². The van der Waals surface area contributed by atoms with E-state index in [-0.39, 0.29) is 39.5 Å². The fraction of sp³-hybridized carbons (Fsp3) is 0.278. The lowest BCUT2D eigenvalue weighted by Crippen LogP contribution is -2.54. The highest BCUT2D eigenvalue weighted by molar-refractivity contribution is 7.92. The van der Waals surface area contributed by atoms with Crippen molar-refractivity contribution in [1.82, 2.24) is 10.2 Å². The molecule has 0 aliphatic carbocycles. The van der Waals surface area contributed by atoms with Crippen molar-refractivity contribution in [3.8, 4) is 0 Å². The molecule has 2 amide bonds. The van der Waals surface area contributed by atoms with Crippen LogP contribution in [0.15, 0.2) is 95.9 Å². The Balaban J connectivity index is 1.90. The minimum Gasteiger partial charge on any atom is -0.352 e. The highest BCUT2D eigenvalue weighted by Crippen LogP contribution is 2.38. The smallest absolute Gasteiger partial charge is 0.352 e. The number of benzene rings is 4. The third-order valence-corrected chi connectivity index (χ3v) is 10.9. The van der Waals surface area contributed by atoms with Gasteiger partial charge in [0.25, 0.3) is 10.0 Å². The van der Waals surface area contributed by atoms with Gasteiger partial charge in [-0.25, -0.2) is 8.42 Å². The summed E-state index contributed by atoms with van der Waals surface area (Å²) in [5.41, 5.74) is -0.0389. The molecule has 7 nitrogen and oxygen atoms in total. The maximum Gasteiger partial charge on any atom is 0.417 e. The summed E-state index contributed by atoms with van der Waals surface area (Å²) in [6.45, 7) is 4.10. The summed E-state index contributed by atoms with van der Waals surface area (Å²) in [5.74, 6) is -1.43. The van der Waals surface area contributed by atoms with Crippen LogP contribution < -0.4 is 9.62 Å². The van der Waals surface area contributed by atoms with Crippen LogP contribution in [0.25, 0.3) is 0 Å². The lowest BCUT2D eigenvalue weighted by Gasteiger charge is -2.34. The number of sulfonamides is 1. The Morgan fingerprint density at radius 2 is 1.48 bits per heavy atom. The lowest BCUT2D eigenvalue weighted by atomic mass is 10.0. The van der Waals surface area contributed by atoms with Crippen LogP contribution in [0.5, 0.6) is 0 Å². The van der Waals surface area contributed by atoms with Gasteiger partial charge < -0.3 is 10.2 Å². The largest absolute Gasteiger partial charge is 0.417 e. The van der Waals surface area contributed by atoms with Crippen molar-refractivity contribution in [3.63, 3.8) is 0 Å². The van der Waals surface area contributed by atoms with E-state index >= 15 is 0 Å². The van der Waals surface area contributed by atoms with E-state index in [9.17, 15) is 31.2 Å². The van der Waals surface area contributed by atoms with Gasteiger partial charge in [0.2, 0.25) is 11.8 Å². The molecule has 266 valence electrons. The number of aryl methyl sites for hydroxylation is 1. The zero-order valence-electron chi connectivity index (χ0n) is 27.3. The lowest BCUT2D eigenvalue weighted by molar-refractivity contribution is -0.140. The Hall–Kier alpha value is -3.77. The Morgan fingerprint density at radius 3 is 2.06 bits per heavy atom. The number of carbonyl (C=O) groups is 2. The maximum atomic E-state index is 14.6. The molecule has 0 aromatic heterocycles. The minimum atomic E-state index is -4.93. The number of hydrogen-bond donors (Lipinski definition) is 1. The van der Waals surface area contributed by atoms with Crippen LogP contribution in [-0.4, -0.2) is 43.8 Å². The molecule has 2 atom stereocenters. The molecule has 0 aliphatic rings. The third kappa shape index (κ3) is 9.51. The van der Waals surface area contributed by atoms with E-state index in [1.54, 1.807) is 62.4 Å². The first kappa shape index (κ1) is 39.0. The molecule has 4 aromatic rings. The van der Waals surface area contributed by atoms with Crippen LogP contribution in [0.1, 0.15) is 42.5 Å². The quantitative estimate of drug-likeness (QED) is 0.148. The van der Waals surface area contributed by atoms with Gasteiger partial charge in [-0.05, 0) is 68.3 Å². The molecule has 0 saturated heterocycles. The van der Waals surface area contributed by atoms with Gasteiger partial charge in [0.05, 0.1) is 21.2 Å². The van der Waals surface area contributed by atoms with Crippen LogP contribution in [0.3, 0.4) is 0 Å². The highest BCUT2D eigenvalue weighted by atomic mass is 35.5. The van der Waals surface area contributed by atoms with Crippen LogP contribution in [0.2, 0.25) is 15.1 Å². The molecule has 4 aromatic carbocycles. The summed E-state index contributed by atoms with van der Waals surface area (Å²) in [6.07, 6.45) is -4.34. The van der Waals surface area contributed by atoms with Crippen molar-refractivity contribution in [1.29, 1.82) is 0 Å². The van der Waals surface area contributed by atoms with Crippen molar-refractivity contribution in [2.75, 3.05) is 10.8 Å². The minimum absolute atomic E-state index is 0.0147. The van der Waals surface area contributed by atoms with Gasteiger partial charge in [-0.15, -0.1) is 0 Å². The molecule has 0 radical (unpaired) electrons. The van der Waals surface area contributed by atoms with E-state index < -0.39 is 56.9 Å². The number of hydrogen-bond acceptors (Lipinski definition) is 4. The molecule has 0 fully saturated rings. The van der Waals surface area contributed by atoms with Crippen molar-refractivity contribution in [3.05, 3.63) is 128 Å². The van der Waals surface area contributed by atoms with Gasteiger partial charge in [-0.1, -0.05) is 95.8 Å². The molecule has 0 bridgehead atoms. The van der Waals surface area contributed by atoms with Crippen molar-refractivity contribution < 1.29 is 31.2 Å². The second-order valence-corrected chi connectivity index (χ2v) is 14.8. The first-order valence-electron chi connectivity index (χ1n) is 15.6. The summed E-state index contributed by atoms with van der Waals surface area (Å²) < 4.78 is 71.0. The molecule has 0 aliphatic heterocycles. The molecular weight excluding hydrogens is 734 g/mol. The predicted molar refractivity (Wildman–Crippen MR) is 191 cm³/mol. The van der Waals surface area contributed by atoms with Crippen LogP contribution in [0, 0.1) is 6.92 Å². The Kier molecular flexibility index (Phi) is 12.9. The van der Waals surface area contributed by atoms with Gasteiger partial charge >= 0.3 is 6.18 Å². The predicted octanol–water partition coefficient (Wildman–Crippen LogP) is 8.72. The SMILES string of the molecule is CC[C@H](C)NC(=O)[C@@H](Cc1ccccc1)N(Cc1c(Cl)cccc1Cl)C(=O)CN(c1ccc(Cl)c(C(F)(F)F)c1)S(=O)(=O)c1ccc(C)cc1. The number of carbonyl (C=O) groups excluding carboxylic acids is 2. The fourth-order valence-electron chi connectivity index (χ4n) is 5.10. The summed E-state index contributed by atoms with van der Waals surface area (Å²) in [6, 6.07) is 20.3. The van der Waals surface area contributed by atoms with E-state index in [0.717, 1.165) is 22.6 Å². The van der Waals surface area contributed by atoms with Crippen LogP contribution in [-0.2, 0) is 38.8 Å². The van der Waals surface area contributed by atoms with Gasteiger partial charge in [0.1, 0.15) is 12.6 Å². The molecule has 4 rings (SSSR count). The summed E-state index contributed by atoms with van der Waals surface area (Å²) in [7, 11) is -4.67. The number of anilines is 1. The van der Waals surface area contributed by atoms with Crippen LogP contribution in [0.4, 0.5) is 18.9 Å². The summed E-state index contributed by atoms with van der Waals surface area (Å²) >= 11 is 18.9. The molecule has 14 heteroatoms. The third-order valence-electron chi connectivity index (χ3n) is 8.09. The number of amides is 2. The van der Waals surface area contributed by atoms with Crippen LogP contribution >= 0.6 is 34.8 Å². The van der Waals surface area contributed by atoms with E-state index in [1.807, 2.05) is 6.92 Å². The van der Waals surface area contributed by atoms with Crippen molar-refractivity contribution >= 4 is 62.3 Å². The second kappa shape index (κ2) is 16.5.